The van der Waals surface area contributed by atoms with E-state index >= 15 is 0 Å². The minimum atomic E-state index is -0.557. The molecule has 3 rings (SSSR count). The number of amides is 2. The van der Waals surface area contributed by atoms with Gasteiger partial charge < -0.3 is 14.8 Å². The Balaban J connectivity index is 1.58. The van der Waals surface area contributed by atoms with Crippen LogP contribution in [0.25, 0.3) is 0 Å². The van der Waals surface area contributed by atoms with Gasteiger partial charge in [-0.2, -0.15) is 5.10 Å². The summed E-state index contributed by atoms with van der Waals surface area (Å²) >= 11 is 9.16. The lowest BCUT2D eigenvalue weighted by Gasteiger charge is -2.09. The second kappa shape index (κ2) is 12.7. The van der Waals surface area contributed by atoms with Gasteiger partial charge >= 0.3 is 5.97 Å². The van der Waals surface area contributed by atoms with E-state index in [1.807, 2.05) is 6.92 Å². The Morgan fingerprint density at radius 3 is 2.37 bits per heavy atom. The number of hydrogen-bond acceptors (Lipinski definition) is 6. The zero-order valence-electron chi connectivity index (χ0n) is 18.6. The molecule has 3 aromatic rings. The summed E-state index contributed by atoms with van der Waals surface area (Å²) in [6.45, 7) is 2.12. The van der Waals surface area contributed by atoms with Crippen LogP contribution in [0, 0.1) is 0 Å². The molecule has 0 bridgehead atoms. The van der Waals surface area contributed by atoms with E-state index in [9.17, 15) is 14.4 Å². The lowest BCUT2D eigenvalue weighted by Crippen LogP contribution is -2.34. The number of carbonyl (C=O) groups is 3. The number of hydrazone groups is 1. The fraction of sp³-hybridized carbons (Fsp3) is 0.120. The van der Waals surface area contributed by atoms with Gasteiger partial charge in [-0.1, -0.05) is 27.5 Å². The van der Waals surface area contributed by atoms with Gasteiger partial charge in [-0.25, -0.2) is 10.2 Å². The molecule has 10 heteroatoms. The van der Waals surface area contributed by atoms with Gasteiger partial charge in [0.2, 0.25) is 0 Å². The first-order valence-electron chi connectivity index (χ1n) is 10.5. The lowest BCUT2D eigenvalue weighted by atomic mass is 10.2. The number of nitrogens with zero attached hydrogens (tertiary/aromatic N) is 1. The molecule has 0 aliphatic heterocycles. The number of benzene rings is 3. The number of halogens is 2. The average Bonchev–Trinajstić information content (AvgIpc) is 2.85. The number of hydrogen-bond donors (Lipinski definition) is 2. The number of esters is 1. The van der Waals surface area contributed by atoms with Gasteiger partial charge in [0.1, 0.15) is 11.5 Å². The van der Waals surface area contributed by atoms with Crippen molar-refractivity contribution in [2.45, 2.75) is 6.92 Å². The summed E-state index contributed by atoms with van der Waals surface area (Å²) in [6.07, 6.45) is 1.34. The number of nitrogens with one attached hydrogen (secondary N) is 2. The van der Waals surface area contributed by atoms with E-state index < -0.39 is 17.8 Å². The van der Waals surface area contributed by atoms with Gasteiger partial charge in [0.25, 0.3) is 11.8 Å². The van der Waals surface area contributed by atoms with E-state index in [0.717, 1.165) is 4.47 Å². The predicted molar refractivity (Wildman–Crippen MR) is 136 cm³/mol. The molecule has 0 atom stereocenters. The summed E-state index contributed by atoms with van der Waals surface area (Å²) in [5.74, 6) is -0.608. The van der Waals surface area contributed by atoms with Crippen molar-refractivity contribution in [2.75, 3.05) is 13.2 Å². The molecule has 0 fully saturated rings. The van der Waals surface area contributed by atoms with Gasteiger partial charge in [-0.3, -0.25) is 9.59 Å². The summed E-state index contributed by atoms with van der Waals surface area (Å²) in [7, 11) is 0. The Morgan fingerprint density at radius 2 is 1.69 bits per heavy atom. The van der Waals surface area contributed by atoms with E-state index in [1.54, 1.807) is 66.7 Å². The van der Waals surface area contributed by atoms with Crippen LogP contribution in [0.4, 0.5) is 0 Å². The van der Waals surface area contributed by atoms with E-state index in [-0.39, 0.29) is 12.3 Å². The van der Waals surface area contributed by atoms with Crippen LogP contribution in [0.1, 0.15) is 33.2 Å². The van der Waals surface area contributed by atoms with Gasteiger partial charge in [0.15, 0.2) is 0 Å². The van der Waals surface area contributed by atoms with E-state index in [0.29, 0.717) is 34.1 Å². The second-order valence-corrected chi connectivity index (χ2v) is 8.36. The number of rotatable bonds is 9. The van der Waals surface area contributed by atoms with Crippen LogP contribution in [0.15, 0.2) is 76.3 Å². The monoisotopic (exact) mass is 557 g/mol. The Hall–Kier alpha value is -3.69. The highest BCUT2D eigenvalue weighted by atomic mass is 79.9. The van der Waals surface area contributed by atoms with Crippen LogP contribution >= 0.6 is 27.5 Å². The van der Waals surface area contributed by atoms with Crippen LogP contribution in [0.3, 0.4) is 0 Å². The molecule has 0 aromatic heterocycles. The Morgan fingerprint density at radius 1 is 1.00 bits per heavy atom. The third kappa shape index (κ3) is 7.94. The Labute approximate surface area is 215 Å². The molecule has 0 saturated carbocycles. The molecule has 180 valence electrons. The van der Waals surface area contributed by atoms with Crippen molar-refractivity contribution in [1.82, 2.24) is 10.7 Å². The summed E-state index contributed by atoms with van der Waals surface area (Å²) in [5.41, 5.74) is 3.50. The number of ether oxygens (including phenoxy) is 2. The Bertz CT molecular complexity index is 1230. The van der Waals surface area contributed by atoms with Crippen molar-refractivity contribution in [2.24, 2.45) is 5.10 Å². The number of carbonyl (C=O) groups excluding carboxylic acids is 3. The quantitative estimate of drug-likeness (QED) is 0.173. The van der Waals surface area contributed by atoms with Gasteiger partial charge in [-0.15, -0.1) is 0 Å². The van der Waals surface area contributed by atoms with Crippen molar-refractivity contribution in [3.8, 4) is 11.5 Å². The van der Waals surface area contributed by atoms with Crippen LogP contribution < -0.4 is 20.2 Å². The summed E-state index contributed by atoms with van der Waals surface area (Å²) in [4.78, 5) is 36.7. The molecular weight excluding hydrogens is 538 g/mol. The highest BCUT2D eigenvalue weighted by Crippen LogP contribution is 2.23. The highest BCUT2D eigenvalue weighted by molar-refractivity contribution is 9.10. The molecule has 35 heavy (non-hydrogen) atoms. The highest BCUT2D eigenvalue weighted by Gasteiger charge is 2.12. The first-order valence-corrected chi connectivity index (χ1v) is 11.6. The maximum Gasteiger partial charge on any atom is 0.343 e. The third-order valence-electron chi connectivity index (χ3n) is 4.48. The minimum Gasteiger partial charge on any atom is -0.494 e. The van der Waals surface area contributed by atoms with Gasteiger partial charge in [-0.05, 0) is 73.7 Å². The van der Waals surface area contributed by atoms with Crippen molar-refractivity contribution in [3.05, 3.63) is 92.9 Å². The second-order valence-electron chi connectivity index (χ2n) is 7.01. The maximum absolute atomic E-state index is 12.6. The molecule has 0 aliphatic rings. The van der Waals surface area contributed by atoms with E-state index in [4.69, 9.17) is 21.1 Å². The molecular formula is C25H21BrClN3O5. The molecule has 0 unspecified atom stereocenters. The molecule has 0 spiro atoms. The normalized spacial score (nSPS) is 10.6. The fourth-order valence-electron chi connectivity index (χ4n) is 2.80. The maximum atomic E-state index is 12.6. The summed E-state index contributed by atoms with van der Waals surface area (Å²) < 4.78 is 11.6. The molecule has 8 nitrogen and oxygen atoms in total. The van der Waals surface area contributed by atoms with E-state index in [2.05, 4.69) is 31.8 Å². The standard InChI is InChI=1S/C25H21BrClN3O5/c1-2-34-21-10-5-17(6-11-21)25(33)35-22-12-7-19(26)13-18(22)14-29-30-23(31)15-28-24(32)16-3-8-20(27)9-4-16/h3-14H,2,15H2,1H3,(H,28,32)(H,30,31)/b29-14-. The Kier molecular flexibility index (Phi) is 9.39. The van der Waals surface area contributed by atoms with Crippen LogP contribution in [0.5, 0.6) is 11.5 Å². The van der Waals surface area contributed by atoms with Gasteiger partial charge in [0.05, 0.1) is 24.9 Å². The first kappa shape index (κ1) is 25.9. The molecule has 2 N–H and O–H groups in total. The molecule has 2 amide bonds. The van der Waals surface area contributed by atoms with Crippen LogP contribution in [-0.2, 0) is 4.79 Å². The van der Waals surface area contributed by atoms with Gasteiger partial charge in [0, 0.05) is 20.6 Å². The average molecular weight is 559 g/mol. The topological polar surface area (TPSA) is 106 Å². The lowest BCUT2D eigenvalue weighted by molar-refractivity contribution is -0.120. The van der Waals surface area contributed by atoms with Crippen molar-refractivity contribution in [3.63, 3.8) is 0 Å². The van der Waals surface area contributed by atoms with Crippen molar-refractivity contribution < 1.29 is 23.9 Å². The fourth-order valence-corrected chi connectivity index (χ4v) is 3.31. The molecule has 3 aromatic carbocycles. The molecule has 0 saturated heterocycles. The zero-order chi connectivity index (χ0) is 25.2. The SMILES string of the molecule is CCOc1ccc(C(=O)Oc2ccc(Br)cc2/C=N\NC(=O)CNC(=O)c2ccc(Cl)cc2)cc1. The predicted octanol–water partition coefficient (Wildman–Crippen LogP) is 4.60. The van der Waals surface area contributed by atoms with Crippen molar-refractivity contribution >= 4 is 51.5 Å². The third-order valence-corrected chi connectivity index (χ3v) is 5.23. The molecule has 0 radical (unpaired) electrons. The zero-order valence-corrected chi connectivity index (χ0v) is 20.9. The van der Waals surface area contributed by atoms with E-state index in [1.165, 1.54) is 6.21 Å². The largest absolute Gasteiger partial charge is 0.494 e. The first-order chi connectivity index (χ1) is 16.9. The van der Waals surface area contributed by atoms with Crippen molar-refractivity contribution in [1.29, 1.82) is 0 Å². The smallest absolute Gasteiger partial charge is 0.343 e. The molecule has 0 aliphatic carbocycles. The van der Waals surface area contributed by atoms with Crippen LogP contribution in [0.2, 0.25) is 5.02 Å². The van der Waals surface area contributed by atoms with Crippen LogP contribution in [-0.4, -0.2) is 37.1 Å². The summed E-state index contributed by atoms with van der Waals surface area (Å²) in [5, 5.41) is 6.89. The molecule has 0 heterocycles. The summed E-state index contributed by atoms with van der Waals surface area (Å²) in [6, 6.07) is 17.9. The minimum absolute atomic E-state index is 0.251.